The van der Waals surface area contributed by atoms with Crippen LogP contribution >= 0.6 is 12.4 Å². The van der Waals surface area contributed by atoms with Crippen molar-refractivity contribution in [2.45, 2.75) is 57.9 Å². The molecule has 1 aliphatic carbocycles. The predicted molar refractivity (Wildman–Crippen MR) is 92.5 cm³/mol. The highest BCUT2D eigenvalue weighted by atomic mass is 35.5. The Labute approximate surface area is 141 Å². The summed E-state index contributed by atoms with van der Waals surface area (Å²) in [5, 5.41) is 3.41. The average Bonchev–Trinajstić information content (AvgIpc) is 2.98. The Balaban J connectivity index is 0.00000176. The van der Waals surface area contributed by atoms with Gasteiger partial charge in [-0.3, -0.25) is 9.69 Å². The van der Waals surface area contributed by atoms with Crippen molar-refractivity contribution in [1.82, 2.24) is 15.1 Å². The number of likely N-dealkylation sites (tertiary alicyclic amines) is 1. The SMILES string of the molecule is CC1(CC(=O)N2CCC(N3CCNCC3)C2)CCCCC1.Cl. The van der Waals surface area contributed by atoms with Crippen LogP contribution in [-0.4, -0.2) is 61.0 Å². The third kappa shape index (κ3) is 4.36. The van der Waals surface area contributed by atoms with Crippen LogP contribution < -0.4 is 5.32 Å². The molecule has 3 rings (SSSR count). The van der Waals surface area contributed by atoms with Crippen LogP contribution in [0.5, 0.6) is 0 Å². The van der Waals surface area contributed by atoms with Gasteiger partial charge in [0.05, 0.1) is 0 Å². The van der Waals surface area contributed by atoms with E-state index in [1.54, 1.807) is 0 Å². The van der Waals surface area contributed by atoms with Gasteiger partial charge in [0.15, 0.2) is 0 Å². The van der Waals surface area contributed by atoms with Crippen LogP contribution in [-0.2, 0) is 4.79 Å². The zero-order valence-electron chi connectivity index (χ0n) is 14.0. The number of amides is 1. The molecule has 3 fully saturated rings. The normalized spacial score (nSPS) is 29.1. The van der Waals surface area contributed by atoms with E-state index in [1.807, 2.05) is 0 Å². The first kappa shape index (κ1) is 18.0. The fourth-order valence-corrected chi connectivity index (χ4v) is 4.37. The Morgan fingerprint density at radius 1 is 1.14 bits per heavy atom. The molecule has 2 heterocycles. The van der Waals surface area contributed by atoms with Crippen LogP contribution in [0.25, 0.3) is 0 Å². The summed E-state index contributed by atoms with van der Waals surface area (Å²) in [6.07, 6.45) is 8.42. The van der Waals surface area contributed by atoms with Gasteiger partial charge in [0.1, 0.15) is 0 Å². The van der Waals surface area contributed by atoms with Crippen LogP contribution in [0.4, 0.5) is 0 Å². The maximum Gasteiger partial charge on any atom is 0.223 e. The van der Waals surface area contributed by atoms with Gasteiger partial charge in [-0.05, 0) is 24.7 Å². The molecule has 1 atom stereocenters. The van der Waals surface area contributed by atoms with Gasteiger partial charge in [0.25, 0.3) is 0 Å². The monoisotopic (exact) mass is 329 g/mol. The van der Waals surface area contributed by atoms with E-state index >= 15 is 0 Å². The smallest absolute Gasteiger partial charge is 0.223 e. The van der Waals surface area contributed by atoms with Crippen molar-refractivity contribution < 1.29 is 4.79 Å². The van der Waals surface area contributed by atoms with E-state index in [-0.39, 0.29) is 17.8 Å². The van der Waals surface area contributed by atoms with E-state index in [0.717, 1.165) is 45.7 Å². The molecule has 1 N–H and O–H groups in total. The first-order valence-electron chi connectivity index (χ1n) is 8.89. The number of carbonyl (C=O) groups is 1. The summed E-state index contributed by atoms with van der Waals surface area (Å²) in [5.41, 5.74) is 0.280. The average molecular weight is 330 g/mol. The van der Waals surface area contributed by atoms with Gasteiger partial charge < -0.3 is 10.2 Å². The fraction of sp³-hybridized carbons (Fsp3) is 0.941. The van der Waals surface area contributed by atoms with Crippen LogP contribution in [0, 0.1) is 5.41 Å². The molecule has 0 radical (unpaired) electrons. The van der Waals surface area contributed by atoms with Gasteiger partial charge in [-0.25, -0.2) is 0 Å². The minimum absolute atomic E-state index is 0. The molecule has 22 heavy (non-hydrogen) atoms. The molecule has 128 valence electrons. The molecular formula is C17H32ClN3O. The van der Waals surface area contributed by atoms with Crippen molar-refractivity contribution in [3.8, 4) is 0 Å². The first-order valence-corrected chi connectivity index (χ1v) is 8.89. The number of hydrogen-bond acceptors (Lipinski definition) is 3. The number of piperazine rings is 1. The number of rotatable bonds is 3. The fourth-order valence-electron chi connectivity index (χ4n) is 4.37. The lowest BCUT2D eigenvalue weighted by atomic mass is 9.73. The van der Waals surface area contributed by atoms with Gasteiger partial charge in [0, 0.05) is 51.7 Å². The van der Waals surface area contributed by atoms with E-state index in [2.05, 4.69) is 22.0 Å². The molecule has 1 saturated carbocycles. The minimum Gasteiger partial charge on any atom is -0.341 e. The molecule has 2 saturated heterocycles. The quantitative estimate of drug-likeness (QED) is 0.863. The van der Waals surface area contributed by atoms with Crippen molar-refractivity contribution in [3.05, 3.63) is 0 Å². The van der Waals surface area contributed by atoms with E-state index in [0.29, 0.717) is 11.9 Å². The zero-order valence-corrected chi connectivity index (χ0v) is 14.8. The summed E-state index contributed by atoms with van der Waals surface area (Å²) in [5.74, 6) is 0.414. The summed E-state index contributed by atoms with van der Waals surface area (Å²) in [6.45, 7) is 8.76. The van der Waals surface area contributed by atoms with Crippen LogP contribution in [0.2, 0.25) is 0 Å². The van der Waals surface area contributed by atoms with Crippen molar-refractivity contribution in [2.24, 2.45) is 5.41 Å². The van der Waals surface area contributed by atoms with Crippen molar-refractivity contribution in [1.29, 1.82) is 0 Å². The largest absolute Gasteiger partial charge is 0.341 e. The highest BCUT2D eigenvalue weighted by Crippen LogP contribution is 2.39. The first-order chi connectivity index (χ1) is 10.2. The summed E-state index contributed by atoms with van der Waals surface area (Å²) in [4.78, 5) is 17.4. The molecular weight excluding hydrogens is 298 g/mol. The molecule has 3 aliphatic rings. The lowest BCUT2D eigenvalue weighted by Crippen LogP contribution is -2.49. The standard InChI is InChI=1S/C17H31N3O.ClH/c1-17(6-3-2-4-7-17)13-16(21)20-10-5-15(14-20)19-11-8-18-9-12-19;/h15,18H,2-14H2,1H3;1H. The molecule has 4 nitrogen and oxygen atoms in total. The summed E-state index contributed by atoms with van der Waals surface area (Å²) < 4.78 is 0. The number of nitrogens with one attached hydrogen (secondary N) is 1. The second-order valence-electron chi connectivity index (χ2n) is 7.62. The Morgan fingerprint density at radius 2 is 1.82 bits per heavy atom. The van der Waals surface area contributed by atoms with Crippen molar-refractivity contribution >= 4 is 18.3 Å². The third-order valence-corrected chi connectivity index (χ3v) is 5.82. The molecule has 0 spiro atoms. The summed E-state index contributed by atoms with van der Waals surface area (Å²) >= 11 is 0. The van der Waals surface area contributed by atoms with Crippen molar-refractivity contribution in [3.63, 3.8) is 0 Å². The second-order valence-corrected chi connectivity index (χ2v) is 7.62. The number of halogens is 1. The van der Waals surface area contributed by atoms with Gasteiger partial charge in [-0.2, -0.15) is 0 Å². The lowest BCUT2D eigenvalue weighted by Gasteiger charge is -2.35. The lowest BCUT2D eigenvalue weighted by molar-refractivity contribution is -0.133. The zero-order chi connectivity index (χ0) is 14.7. The van der Waals surface area contributed by atoms with Gasteiger partial charge in [-0.15, -0.1) is 12.4 Å². The number of nitrogens with zero attached hydrogens (tertiary/aromatic N) is 2. The van der Waals surface area contributed by atoms with E-state index in [4.69, 9.17) is 0 Å². The summed E-state index contributed by atoms with van der Waals surface area (Å²) in [7, 11) is 0. The Hall–Kier alpha value is -0.320. The van der Waals surface area contributed by atoms with E-state index < -0.39 is 0 Å². The minimum atomic E-state index is 0. The van der Waals surface area contributed by atoms with Crippen molar-refractivity contribution in [2.75, 3.05) is 39.3 Å². The highest BCUT2D eigenvalue weighted by Gasteiger charge is 2.35. The predicted octanol–water partition coefficient (Wildman–Crippen LogP) is 2.27. The Bertz CT molecular complexity index is 365. The molecule has 0 bridgehead atoms. The highest BCUT2D eigenvalue weighted by molar-refractivity contribution is 5.85. The topological polar surface area (TPSA) is 35.6 Å². The maximum absolute atomic E-state index is 12.6. The molecule has 1 amide bonds. The molecule has 0 aromatic carbocycles. The Morgan fingerprint density at radius 3 is 2.50 bits per heavy atom. The third-order valence-electron chi connectivity index (χ3n) is 5.82. The van der Waals surface area contributed by atoms with Crippen LogP contribution in [0.3, 0.4) is 0 Å². The number of hydrogen-bond donors (Lipinski definition) is 1. The maximum atomic E-state index is 12.6. The summed E-state index contributed by atoms with van der Waals surface area (Å²) in [6, 6.07) is 0.607. The number of carbonyl (C=O) groups excluding carboxylic acids is 1. The van der Waals surface area contributed by atoms with E-state index in [9.17, 15) is 4.79 Å². The van der Waals surface area contributed by atoms with Gasteiger partial charge in [0.2, 0.25) is 5.91 Å². The molecule has 1 unspecified atom stereocenters. The molecule has 2 aliphatic heterocycles. The van der Waals surface area contributed by atoms with Gasteiger partial charge >= 0.3 is 0 Å². The Kier molecular flexibility index (Phi) is 6.54. The van der Waals surface area contributed by atoms with Crippen LogP contribution in [0.1, 0.15) is 51.9 Å². The molecule has 0 aromatic rings. The molecule has 0 aromatic heterocycles. The van der Waals surface area contributed by atoms with Crippen LogP contribution in [0.15, 0.2) is 0 Å². The van der Waals surface area contributed by atoms with E-state index in [1.165, 1.54) is 38.5 Å². The second kappa shape index (κ2) is 7.98. The van der Waals surface area contributed by atoms with Gasteiger partial charge in [-0.1, -0.05) is 26.2 Å². The molecule has 5 heteroatoms.